The minimum Gasteiger partial charge on any atom is -0.494 e. The quantitative estimate of drug-likeness (QED) is 0.323. The fourth-order valence-corrected chi connectivity index (χ4v) is 3.02. The summed E-state index contributed by atoms with van der Waals surface area (Å²) in [6.45, 7) is 4.00. The van der Waals surface area contributed by atoms with Crippen LogP contribution in [0.5, 0.6) is 5.75 Å². The van der Waals surface area contributed by atoms with Crippen LogP contribution in [0.15, 0.2) is 58.3 Å². The summed E-state index contributed by atoms with van der Waals surface area (Å²) in [5, 5.41) is 19.4. The minimum absolute atomic E-state index is 0.0285. The third-order valence-electron chi connectivity index (χ3n) is 4.59. The van der Waals surface area contributed by atoms with Gasteiger partial charge in [-0.3, -0.25) is 4.79 Å². The molecule has 4 aromatic rings. The predicted octanol–water partition coefficient (Wildman–Crippen LogP) is 2.59. The van der Waals surface area contributed by atoms with Gasteiger partial charge in [0, 0.05) is 5.56 Å². The molecule has 0 aliphatic carbocycles. The average Bonchev–Trinajstić information content (AvgIpc) is 3.44. The van der Waals surface area contributed by atoms with Crippen LogP contribution in [0.2, 0.25) is 0 Å². The number of hydrazone groups is 1. The van der Waals surface area contributed by atoms with E-state index >= 15 is 0 Å². The molecule has 0 saturated heterocycles. The Morgan fingerprint density at radius 2 is 2.03 bits per heavy atom. The number of aromatic nitrogens is 5. The molecular formula is C21H19FN8O3. The van der Waals surface area contributed by atoms with Crippen molar-refractivity contribution < 1.29 is 18.6 Å². The topological polar surface area (TPSA) is 146 Å². The molecule has 12 heteroatoms. The van der Waals surface area contributed by atoms with Crippen LogP contribution in [0, 0.1) is 5.82 Å². The number of hydrogen-bond donors (Lipinski definition) is 2. The standard InChI is InChI=1S/C21H19FN8O3/c1-3-32-16-6-4-5-14(11-16)18-17(25-29-30(18)20-19(23)27-33-28-20)21(31)26-24-12(2)13-7-9-15(22)10-8-13/h4-11H,3H2,1-2H3,(H2,23,27)(H,26,31)/b24-12+. The molecule has 33 heavy (non-hydrogen) atoms. The first-order valence-corrected chi connectivity index (χ1v) is 9.85. The Bertz CT molecular complexity index is 1310. The van der Waals surface area contributed by atoms with E-state index in [2.05, 4.69) is 35.8 Å². The molecule has 2 heterocycles. The lowest BCUT2D eigenvalue weighted by Crippen LogP contribution is -2.21. The van der Waals surface area contributed by atoms with Crippen LogP contribution in [0.3, 0.4) is 0 Å². The van der Waals surface area contributed by atoms with Gasteiger partial charge < -0.3 is 10.5 Å². The lowest BCUT2D eigenvalue weighted by Gasteiger charge is -2.08. The van der Waals surface area contributed by atoms with E-state index in [9.17, 15) is 9.18 Å². The van der Waals surface area contributed by atoms with Gasteiger partial charge in [-0.05, 0) is 54.0 Å². The van der Waals surface area contributed by atoms with Crippen LogP contribution in [-0.4, -0.2) is 43.5 Å². The van der Waals surface area contributed by atoms with E-state index in [1.165, 1.54) is 16.8 Å². The second-order valence-corrected chi connectivity index (χ2v) is 6.78. The van der Waals surface area contributed by atoms with E-state index in [4.69, 9.17) is 10.5 Å². The average molecular weight is 450 g/mol. The summed E-state index contributed by atoms with van der Waals surface area (Å²) in [4.78, 5) is 13.0. The number of halogens is 1. The summed E-state index contributed by atoms with van der Waals surface area (Å²) in [5.41, 5.74) is 10.2. The Balaban J connectivity index is 1.72. The number of carbonyl (C=O) groups is 1. The number of ether oxygens (including phenoxy) is 1. The van der Waals surface area contributed by atoms with Crippen molar-refractivity contribution in [2.45, 2.75) is 13.8 Å². The molecule has 0 unspecified atom stereocenters. The minimum atomic E-state index is -0.630. The van der Waals surface area contributed by atoms with Crippen LogP contribution in [0.4, 0.5) is 10.2 Å². The number of benzene rings is 2. The highest BCUT2D eigenvalue weighted by molar-refractivity contribution is 6.02. The van der Waals surface area contributed by atoms with Crippen molar-refractivity contribution in [3.63, 3.8) is 0 Å². The van der Waals surface area contributed by atoms with E-state index in [0.717, 1.165) is 0 Å². The fraction of sp³-hybridized carbons (Fsp3) is 0.143. The highest BCUT2D eigenvalue weighted by atomic mass is 19.1. The Labute approximate surface area is 187 Å². The van der Waals surface area contributed by atoms with Gasteiger partial charge in [0.1, 0.15) is 17.3 Å². The molecule has 11 nitrogen and oxygen atoms in total. The third-order valence-corrected chi connectivity index (χ3v) is 4.59. The molecule has 0 fully saturated rings. The molecule has 168 valence electrons. The number of nitrogens with one attached hydrogen (secondary N) is 1. The van der Waals surface area contributed by atoms with Gasteiger partial charge in [-0.25, -0.2) is 14.4 Å². The highest BCUT2D eigenvalue weighted by Crippen LogP contribution is 2.29. The van der Waals surface area contributed by atoms with Crippen molar-refractivity contribution in [3.05, 3.63) is 65.6 Å². The van der Waals surface area contributed by atoms with Gasteiger partial charge in [-0.1, -0.05) is 29.5 Å². The Morgan fingerprint density at radius 1 is 1.24 bits per heavy atom. The van der Waals surface area contributed by atoms with Gasteiger partial charge in [0.15, 0.2) is 5.69 Å². The van der Waals surface area contributed by atoms with Crippen LogP contribution in [-0.2, 0) is 0 Å². The maximum Gasteiger partial charge on any atom is 0.294 e. The molecule has 0 aliphatic heterocycles. The molecule has 2 aromatic heterocycles. The molecule has 0 radical (unpaired) electrons. The van der Waals surface area contributed by atoms with Gasteiger partial charge in [-0.15, -0.1) is 5.10 Å². The number of nitrogens with zero attached hydrogens (tertiary/aromatic N) is 6. The summed E-state index contributed by atoms with van der Waals surface area (Å²) in [7, 11) is 0. The lowest BCUT2D eigenvalue weighted by atomic mass is 10.1. The molecule has 0 aliphatic rings. The van der Waals surface area contributed by atoms with Gasteiger partial charge in [-0.2, -0.15) is 9.78 Å². The SMILES string of the molecule is CCOc1cccc(-c2c(C(=O)N/N=C(\C)c3ccc(F)cc3)nnn2-c2nonc2N)c1. The van der Waals surface area contributed by atoms with E-state index < -0.39 is 5.91 Å². The van der Waals surface area contributed by atoms with E-state index in [0.29, 0.717) is 29.2 Å². The van der Waals surface area contributed by atoms with E-state index in [-0.39, 0.29) is 28.8 Å². The van der Waals surface area contributed by atoms with Crippen molar-refractivity contribution in [2.24, 2.45) is 5.10 Å². The zero-order valence-corrected chi connectivity index (χ0v) is 17.7. The molecule has 2 aromatic carbocycles. The molecule has 3 N–H and O–H groups in total. The van der Waals surface area contributed by atoms with Crippen LogP contribution < -0.4 is 15.9 Å². The number of carbonyl (C=O) groups excluding carboxylic acids is 1. The number of nitrogens with two attached hydrogens (primary N) is 1. The van der Waals surface area contributed by atoms with Crippen molar-refractivity contribution in [3.8, 4) is 22.8 Å². The molecule has 0 spiro atoms. The number of rotatable bonds is 7. The molecular weight excluding hydrogens is 431 g/mol. The number of nitrogen functional groups attached to an aromatic ring is 1. The number of hydrogen-bond acceptors (Lipinski definition) is 9. The largest absolute Gasteiger partial charge is 0.494 e. The maximum atomic E-state index is 13.2. The first-order valence-electron chi connectivity index (χ1n) is 9.85. The smallest absolute Gasteiger partial charge is 0.294 e. The summed E-state index contributed by atoms with van der Waals surface area (Å²) < 4.78 is 24.6. The lowest BCUT2D eigenvalue weighted by molar-refractivity contribution is 0.0950. The Hall–Kier alpha value is -4.61. The normalized spacial score (nSPS) is 11.4. The molecule has 0 atom stereocenters. The van der Waals surface area contributed by atoms with Crippen LogP contribution in [0.25, 0.3) is 17.1 Å². The molecule has 0 saturated carbocycles. The van der Waals surface area contributed by atoms with Crippen molar-refractivity contribution in [2.75, 3.05) is 12.3 Å². The van der Waals surface area contributed by atoms with Gasteiger partial charge in [0.25, 0.3) is 5.91 Å². The first kappa shape index (κ1) is 21.6. The molecule has 4 rings (SSSR count). The third kappa shape index (κ3) is 4.54. The second kappa shape index (κ2) is 9.26. The number of anilines is 1. The van der Waals surface area contributed by atoms with E-state index in [1.54, 1.807) is 43.3 Å². The molecule has 1 amide bonds. The Morgan fingerprint density at radius 3 is 2.73 bits per heavy atom. The summed E-state index contributed by atoms with van der Waals surface area (Å²) >= 11 is 0. The molecule has 0 bridgehead atoms. The monoisotopic (exact) mass is 450 g/mol. The zero-order valence-electron chi connectivity index (χ0n) is 17.7. The van der Waals surface area contributed by atoms with Gasteiger partial charge in [0.2, 0.25) is 11.6 Å². The van der Waals surface area contributed by atoms with Crippen molar-refractivity contribution in [1.82, 2.24) is 30.7 Å². The fourth-order valence-electron chi connectivity index (χ4n) is 3.02. The zero-order chi connectivity index (χ0) is 23.4. The van der Waals surface area contributed by atoms with Crippen LogP contribution in [0.1, 0.15) is 29.9 Å². The number of amides is 1. The summed E-state index contributed by atoms with van der Waals surface area (Å²) in [6.07, 6.45) is 0. The predicted molar refractivity (Wildman–Crippen MR) is 116 cm³/mol. The van der Waals surface area contributed by atoms with Crippen LogP contribution >= 0.6 is 0 Å². The maximum absolute atomic E-state index is 13.2. The van der Waals surface area contributed by atoms with E-state index in [1.807, 2.05) is 6.92 Å². The van der Waals surface area contributed by atoms with Crippen molar-refractivity contribution in [1.29, 1.82) is 0 Å². The van der Waals surface area contributed by atoms with Gasteiger partial charge >= 0.3 is 0 Å². The van der Waals surface area contributed by atoms with Crippen molar-refractivity contribution >= 4 is 17.4 Å². The highest BCUT2D eigenvalue weighted by Gasteiger charge is 2.25. The first-order chi connectivity index (χ1) is 16.0. The Kier molecular flexibility index (Phi) is 6.06. The second-order valence-electron chi connectivity index (χ2n) is 6.78. The summed E-state index contributed by atoms with van der Waals surface area (Å²) in [6, 6.07) is 12.8. The summed E-state index contributed by atoms with van der Waals surface area (Å²) in [5.74, 6) is -0.364. The van der Waals surface area contributed by atoms with Gasteiger partial charge in [0.05, 0.1) is 12.3 Å².